The van der Waals surface area contributed by atoms with Gasteiger partial charge in [0.25, 0.3) is 5.56 Å². The summed E-state index contributed by atoms with van der Waals surface area (Å²) in [5.41, 5.74) is 0.434. The van der Waals surface area contributed by atoms with Gasteiger partial charge in [0, 0.05) is 11.3 Å². The van der Waals surface area contributed by atoms with E-state index in [-0.39, 0.29) is 17.8 Å². The predicted octanol–water partition coefficient (Wildman–Crippen LogP) is -0.509. The molecule has 0 unspecified atom stereocenters. The monoisotopic (exact) mass is 235 g/mol. The van der Waals surface area contributed by atoms with Crippen LogP contribution in [-0.4, -0.2) is 36.5 Å². The molecule has 8 nitrogen and oxygen atoms in total. The van der Waals surface area contributed by atoms with E-state index in [2.05, 4.69) is 25.4 Å². The van der Waals surface area contributed by atoms with Crippen molar-refractivity contribution in [2.24, 2.45) is 0 Å². The van der Waals surface area contributed by atoms with Crippen molar-refractivity contribution >= 4 is 5.97 Å². The van der Waals surface area contributed by atoms with Crippen LogP contribution in [0.4, 0.5) is 0 Å². The lowest BCUT2D eigenvalue weighted by atomic mass is 10.1. The molecule has 88 valence electrons. The fourth-order valence-corrected chi connectivity index (χ4v) is 1.41. The largest absolute Gasteiger partial charge is 0.481 e. The minimum absolute atomic E-state index is 0.143. The number of hydrogen-bond donors (Lipinski definition) is 3. The Kier molecular flexibility index (Phi) is 2.69. The van der Waals surface area contributed by atoms with Gasteiger partial charge in [0.1, 0.15) is 5.69 Å². The van der Waals surface area contributed by atoms with E-state index in [1.165, 1.54) is 6.20 Å². The number of aromatic nitrogens is 5. The summed E-state index contributed by atoms with van der Waals surface area (Å²) in [6, 6.07) is 0. The van der Waals surface area contributed by atoms with Gasteiger partial charge in [-0.3, -0.25) is 9.59 Å². The average Bonchev–Trinajstić information content (AvgIpc) is 2.76. The Bertz CT molecular complexity index is 602. The maximum absolute atomic E-state index is 11.7. The summed E-state index contributed by atoms with van der Waals surface area (Å²) >= 11 is 0. The number of nitrogens with one attached hydrogen (secondary N) is 2. The summed E-state index contributed by atoms with van der Waals surface area (Å²) in [6.45, 7) is 1.58. The van der Waals surface area contributed by atoms with Crippen LogP contribution in [0.5, 0.6) is 0 Å². The molecule has 0 aliphatic rings. The summed E-state index contributed by atoms with van der Waals surface area (Å²) in [5.74, 6) is -0.815. The molecule has 0 aromatic carbocycles. The van der Waals surface area contributed by atoms with Crippen LogP contribution in [0.25, 0.3) is 11.5 Å². The molecule has 0 amide bonds. The number of carboxylic acid groups (broad SMARTS) is 1. The molecule has 0 bridgehead atoms. The highest BCUT2D eigenvalue weighted by atomic mass is 16.4. The van der Waals surface area contributed by atoms with E-state index >= 15 is 0 Å². The number of rotatable bonds is 3. The molecule has 0 fully saturated rings. The number of aryl methyl sites for hydroxylation is 1. The molecule has 2 aromatic rings. The molecule has 0 spiro atoms. The van der Waals surface area contributed by atoms with Crippen LogP contribution in [0, 0.1) is 6.92 Å². The first-order valence-electron chi connectivity index (χ1n) is 4.75. The summed E-state index contributed by atoms with van der Waals surface area (Å²) in [7, 11) is 0. The van der Waals surface area contributed by atoms with E-state index in [1.807, 2.05) is 0 Å². The van der Waals surface area contributed by atoms with Crippen molar-refractivity contribution < 1.29 is 9.90 Å². The quantitative estimate of drug-likeness (QED) is 0.658. The Labute approximate surface area is 94.7 Å². The standard InChI is InChI=1S/C9H9N5O3/c1-4-5(2-7(15)16)9(17)12-8(11-4)6-3-10-14-13-6/h3H,2H2,1H3,(H,15,16)(H,10,13,14)(H,11,12,17). The Hall–Kier alpha value is -2.51. The van der Waals surface area contributed by atoms with Gasteiger partial charge in [-0.1, -0.05) is 0 Å². The van der Waals surface area contributed by atoms with Gasteiger partial charge in [0.2, 0.25) is 0 Å². The first kappa shape index (κ1) is 11.0. The third-order valence-corrected chi connectivity index (χ3v) is 2.21. The first-order valence-corrected chi connectivity index (χ1v) is 4.75. The van der Waals surface area contributed by atoms with Gasteiger partial charge in [-0.2, -0.15) is 15.4 Å². The van der Waals surface area contributed by atoms with Crippen LogP contribution >= 0.6 is 0 Å². The molecule has 0 aliphatic heterocycles. The minimum atomic E-state index is -1.07. The lowest BCUT2D eigenvalue weighted by molar-refractivity contribution is -0.136. The number of aliphatic carboxylic acids is 1. The molecule has 17 heavy (non-hydrogen) atoms. The zero-order chi connectivity index (χ0) is 12.4. The molecular weight excluding hydrogens is 226 g/mol. The Morgan fingerprint density at radius 2 is 2.29 bits per heavy atom. The third-order valence-electron chi connectivity index (χ3n) is 2.21. The molecule has 2 heterocycles. The topological polar surface area (TPSA) is 125 Å². The van der Waals surface area contributed by atoms with E-state index in [0.717, 1.165) is 0 Å². The molecule has 0 saturated carbocycles. The predicted molar refractivity (Wildman–Crippen MR) is 56.3 cm³/mol. The maximum atomic E-state index is 11.7. The van der Waals surface area contributed by atoms with Crippen molar-refractivity contribution in [3.05, 3.63) is 27.8 Å². The summed E-state index contributed by atoms with van der Waals surface area (Å²) in [4.78, 5) is 28.8. The van der Waals surface area contributed by atoms with Gasteiger partial charge < -0.3 is 10.1 Å². The van der Waals surface area contributed by atoms with E-state index < -0.39 is 11.5 Å². The number of aromatic amines is 2. The van der Waals surface area contributed by atoms with Crippen LogP contribution in [0.3, 0.4) is 0 Å². The molecule has 0 atom stereocenters. The summed E-state index contributed by atoms with van der Waals surface area (Å²) < 4.78 is 0. The van der Waals surface area contributed by atoms with E-state index in [4.69, 9.17) is 5.11 Å². The van der Waals surface area contributed by atoms with Crippen molar-refractivity contribution in [1.29, 1.82) is 0 Å². The van der Waals surface area contributed by atoms with Crippen LogP contribution in [0.1, 0.15) is 11.3 Å². The fourth-order valence-electron chi connectivity index (χ4n) is 1.41. The SMILES string of the molecule is Cc1nc(-c2cn[nH]n2)[nH]c(=O)c1CC(=O)O. The molecule has 8 heteroatoms. The Morgan fingerprint density at radius 3 is 2.82 bits per heavy atom. The van der Waals surface area contributed by atoms with E-state index in [1.54, 1.807) is 6.92 Å². The zero-order valence-corrected chi connectivity index (χ0v) is 8.89. The second-order valence-electron chi connectivity index (χ2n) is 3.40. The molecule has 3 N–H and O–H groups in total. The van der Waals surface area contributed by atoms with E-state index in [0.29, 0.717) is 11.4 Å². The Morgan fingerprint density at radius 1 is 1.53 bits per heavy atom. The highest BCUT2D eigenvalue weighted by molar-refractivity contribution is 5.70. The number of H-pyrrole nitrogens is 2. The van der Waals surface area contributed by atoms with Crippen LogP contribution < -0.4 is 5.56 Å². The molecular formula is C9H9N5O3. The van der Waals surface area contributed by atoms with Gasteiger partial charge in [0.15, 0.2) is 5.82 Å². The normalized spacial score (nSPS) is 10.4. The highest BCUT2D eigenvalue weighted by Gasteiger charge is 2.13. The highest BCUT2D eigenvalue weighted by Crippen LogP contribution is 2.09. The van der Waals surface area contributed by atoms with Crippen molar-refractivity contribution in [3.63, 3.8) is 0 Å². The van der Waals surface area contributed by atoms with Crippen molar-refractivity contribution in [1.82, 2.24) is 25.4 Å². The van der Waals surface area contributed by atoms with Crippen LogP contribution in [0.15, 0.2) is 11.0 Å². The van der Waals surface area contributed by atoms with Gasteiger partial charge in [-0.15, -0.1) is 0 Å². The molecule has 0 aliphatic carbocycles. The van der Waals surface area contributed by atoms with Crippen LogP contribution in [-0.2, 0) is 11.2 Å². The van der Waals surface area contributed by atoms with Crippen molar-refractivity contribution in [2.45, 2.75) is 13.3 Å². The minimum Gasteiger partial charge on any atom is -0.481 e. The molecule has 0 radical (unpaired) electrons. The van der Waals surface area contributed by atoms with Crippen molar-refractivity contribution in [2.75, 3.05) is 0 Å². The zero-order valence-electron chi connectivity index (χ0n) is 8.89. The summed E-state index contributed by atoms with van der Waals surface area (Å²) in [5, 5.41) is 18.4. The Balaban J connectivity index is 2.49. The van der Waals surface area contributed by atoms with E-state index in [9.17, 15) is 9.59 Å². The maximum Gasteiger partial charge on any atom is 0.308 e. The molecule has 2 aromatic heterocycles. The lowest BCUT2D eigenvalue weighted by Crippen LogP contribution is -2.20. The molecule has 2 rings (SSSR count). The molecule has 0 saturated heterocycles. The average molecular weight is 235 g/mol. The van der Waals surface area contributed by atoms with Crippen LogP contribution in [0.2, 0.25) is 0 Å². The summed E-state index contributed by atoms with van der Waals surface area (Å²) in [6.07, 6.45) is 1.06. The number of carbonyl (C=O) groups is 1. The second-order valence-corrected chi connectivity index (χ2v) is 3.40. The van der Waals surface area contributed by atoms with Gasteiger partial charge >= 0.3 is 5.97 Å². The van der Waals surface area contributed by atoms with Gasteiger partial charge in [0.05, 0.1) is 12.6 Å². The number of hydrogen-bond acceptors (Lipinski definition) is 5. The van der Waals surface area contributed by atoms with Gasteiger partial charge in [-0.25, -0.2) is 4.98 Å². The van der Waals surface area contributed by atoms with Gasteiger partial charge in [-0.05, 0) is 6.92 Å². The van der Waals surface area contributed by atoms with Crippen molar-refractivity contribution in [3.8, 4) is 11.5 Å². The number of nitrogens with zero attached hydrogens (tertiary/aromatic N) is 3. The second kappa shape index (κ2) is 4.16. The number of carboxylic acids is 1. The first-order chi connectivity index (χ1) is 8.08. The lowest BCUT2D eigenvalue weighted by Gasteiger charge is -2.03. The third kappa shape index (κ3) is 2.19. The smallest absolute Gasteiger partial charge is 0.308 e. The fraction of sp³-hybridized carbons (Fsp3) is 0.222.